The molecule has 0 amide bonds. The summed E-state index contributed by atoms with van der Waals surface area (Å²) in [5, 5.41) is 3.92. The summed E-state index contributed by atoms with van der Waals surface area (Å²) >= 11 is 0. The molecule has 1 fully saturated rings. The van der Waals surface area contributed by atoms with Gasteiger partial charge in [-0.3, -0.25) is 4.90 Å². The summed E-state index contributed by atoms with van der Waals surface area (Å²) in [6.45, 7) is 2.74. The van der Waals surface area contributed by atoms with Crippen molar-refractivity contribution in [1.82, 2.24) is 15.0 Å². The Morgan fingerprint density at radius 1 is 1.38 bits per heavy atom. The summed E-state index contributed by atoms with van der Waals surface area (Å²) in [7, 11) is 1.48. The number of likely N-dealkylation sites (tertiary alicyclic amines) is 1. The Bertz CT molecular complexity index is 581. The molecule has 2 heterocycles. The van der Waals surface area contributed by atoms with Gasteiger partial charge in [0.05, 0.1) is 7.11 Å². The van der Waals surface area contributed by atoms with Gasteiger partial charge >= 0.3 is 0 Å². The third-order valence-corrected chi connectivity index (χ3v) is 3.95. The third-order valence-electron chi connectivity index (χ3n) is 3.95. The van der Waals surface area contributed by atoms with Crippen molar-refractivity contribution in [3.05, 3.63) is 41.8 Å². The minimum atomic E-state index is -0.322. The maximum Gasteiger partial charge on any atom is 0.213 e. The molecule has 1 aromatic heterocycles. The first kappa shape index (κ1) is 14.0. The molecule has 0 radical (unpaired) electrons. The van der Waals surface area contributed by atoms with E-state index in [2.05, 4.69) is 15.0 Å². The van der Waals surface area contributed by atoms with Gasteiger partial charge in [-0.2, -0.15) is 4.98 Å². The molecule has 1 saturated heterocycles. The molecule has 1 aromatic carbocycles. The first-order chi connectivity index (χ1) is 10.3. The van der Waals surface area contributed by atoms with Gasteiger partial charge in [0.15, 0.2) is 17.4 Å². The van der Waals surface area contributed by atoms with Crippen LogP contribution in [0.15, 0.2) is 29.1 Å². The average molecular weight is 291 g/mol. The molecular formula is C15H18FN3O2. The van der Waals surface area contributed by atoms with Gasteiger partial charge < -0.3 is 9.26 Å². The molecule has 5 nitrogen and oxygen atoms in total. The molecule has 1 aliphatic rings. The van der Waals surface area contributed by atoms with E-state index in [0.29, 0.717) is 11.7 Å². The van der Waals surface area contributed by atoms with Crippen LogP contribution in [0.5, 0.6) is 5.75 Å². The Morgan fingerprint density at radius 3 is 2.86 bits per heavy atom. The molecule has 0 unspecified atom stereocenters. The van der Waals surface area contributed by atoms with Gasteiger partial charge in [0, 0.05) is 12.5 Å². The number of piperidine rings is 1. The molecular weight excluding hydrogens is 273 g/mol. The van der Waals surface area contributed by atoms with Crippen LogP contribution in [0.4, 0.5) is 4.39 Å². The van der Waals surface area contributed by atoms with Crippen molar-refractivity contribution in [3.8, 4) is 5.75 Å². The summed E-state index contributed by atoms with van der Waals surface area (Å²) < 4.78 is 23.2. The number of hydrogen-bond acceptors (Lipinski definition) is 5. The van der Waals surface area contributed by atoms with Crippen LogP contribution in [0.3, 0.4) is 0 Å². The predicted molar refractivity (Wildman–Crippen MR) is 74.5 cm³/mol. The number of rotatable bonds is 4. The topological polar surface area (TPSA) is 51.4 Å². The summed E-state index contributed by atoms with van der Waals surface area (Å²) in [6.07, 6.45) is 3.40. The molecule has 21 heavy (non-hydrogen) atoms. The van der Waals surface area contributed by atoms with Gasteiger partial charge in [-0.05, 0) is 43.6 Å². The Kier molecular flexibility index (Phi) is 4.15. The van der Waals surface area contributed by atoms with Crippen molar-refractivity contribution in [1.29, 1.82) is 0 Å². The van der Waals surface area contributed by atoms with E-state index in [-0.39, 0.29) is 5.82 Å². The zero-order valence-corrected chi connectivity index (χ0v) is 12.0. The van der Waals surface area contributed by atoms with Crippen molar-refractivity contribution in [2.24, 2.45) is 0 Å². The minimum absolute atomic E-state index is 0.300. The van der Waals surface area contributed by atoms with E-state index in [1.165, 1.54) is 19.6 Å². The van der Waals surface area contributed by atoms with E-state index in [0.717, 1.165) is 43.9 Å². The summed E-state index contributed by atoms with van der Waals surface area (Å²) in [5.74, 6) is 1.16. The number of benzene rings is 1. The van der Waals surface area contributed by atoms with E-state index >= 15 is 0 Å². The lowest BCUT2D eigenvalue weighted by atomic mass is 9.96. The number of aromatic nitrogens is 2. The second kappa shape index (κ2) is 6.22. The largest absolute Gasteiger partial charge is 0.494 e. The molecule has 0 bridgehead atoms. The number of halogens is 1. The van der Waals surface area contributed by atoms with Gasteiger partial charge in [-0.15, -0.1) is 0 Å². The molecule has 0 spiro atoms. The number of nitrogens with zero attached hydrogens (tertiary/aromatic N) is 3. The van der Waals surface area contributed by atoms with E-state index in [9.17, 15) is 4.39 Å². The maximum absolute atomic E-state index is 13.4. The van der Waals surface area contributed by atoms with Crippen molar-refractivity contribution in [2.75, 3.05) is 20.2 Å². The molecule has 2 aromatic rings. The first-order valence-electron chi connectivity index (χ1n) is 7.07. The van der Waals surface area contributed by atoms with Crippen molar-refractivity contribution < 1.29 is 13.7 Å². The summed E-state index contributed by atoms with van der Waals surface area (Å²) in [4.78, 5) is 6.48. The Hall–Kier alpha value is -1.95. The van der Waals surface area contributed by atoms with Gasteiger partial charge in [0.1, 0.15) is 0 Å². The molecule has 112 valence electrons. The van der Waals surface area contributed by atoms with Gasteiger partial charge in [-0.25, -0.2) is 4.39 Å². The zero-order chi connectivity index (χ0) is 14.7. The van der Waals surface area contributed by atoms with Gasteiger partial charge in [0.2, 0.25) is 6.39 Å². The quantitative estimate of drug-likeness (QED) is 0.866. The van der Waals surface area contributed by atoms with Crippen LogP contribution in [0.2, 0.25) is 0 Å². The minimum Gasteiger partial charge on any atom is -0.494 e. The van der Waals surface area contributed by atoms with Crippen molar-refractivity contribution in [3.63, 3.8) is 0 Å². The van der Waals surface area contributed by atoms with Gasteiger partial charge in [-0.1, -0.05) is 11.2 Å². The summed E-state index contributed by atoms with van der Waals surface area (Å²) in [6, 6.07) is 5.03. The zero-order valence-electron chi connectivity index (χ0n) is 12.0. The van der Waals surface area contributed by atoms with Crippen LogP contribution in [-0.4, -0.2) is 35.2 Å². The van der Waals surface area contributed by atoms with E-state index in [4.69, 9.17) is 9.26 Å². The predicted octanol–water partition coefficient (Wildman–Crippen LogP) is 2.60. The monoisotopic (exact) mass is 291 g/mol. The molecule has 1 aliphatic heterocycles. The molecule has 0 atom stereocenters. The average Bonchev–Trinajstić information content (AvgIpc) is 3.04. The smallest absolute Gasteiger partial charge is 0.213 e. The lowest BCUT2D eigenvalue weighted by Gasteiger charge is -2.30. The second-order valence-electron chi connectivity index (χ2n) is 5.31. The highest BCUT2D eigenvalue weighted by atomic mass is 19.1. The fourth-order valence-electron chi connectivity index (χ4n) is 2.77. The molecule has 6 heteroatoms. The fourth-order valence-corrected chi connectivity index (χ4v) is 2.77. The molecule has 0 saturated carbocycles. The Balaban J connectivity index is 1.58. The first-order valence-corrected chi connectivity index (χ1v) is 7.07. The number of ether oxygens (including phenoxy) is 1. The lowest BCUT2D eigenvalue weighted by Crippen LogP contribution is -2.32. The van der Waals surface area contributed by atoms with Crippen LogP contribution in [0.1, 0.15) is 30.1 Å². The van der Waals surface area contributed by atoms with Gasteiger partial charge in [0.25, 0.3) is 0 Å². The van der Waals surface area contributed by atoms with Crippen LogP contribution < -0.4 is 4.74 Å². The van der Waals surface area contributed by atoms with Crippen LogP contribution >= 0.6 is 0 Å². The van der Waals surface area contributed by atoms with E-state index in [1.54, 1.807) is 6.07 Å². The Morgan fingerprint density at radius 2 is 2.19 bits per heavy atom. The van der Waals surface area contributed by atoms with Crippen LogP contribution in [0.25, 0.3) is 0 Å². The lowest BCUT2D eigenvalue weighted by molar-refractivity contribution is 0.200. The normalized spacial score (nSPS) is 17.0. The molecule has 0 aliphatic carbocycles. The fraction of sp³-hybridized carbons (Fsp3) is 0.467. The molecule has 0 N–H and O–H groups in total. The second-order valence-corrected chi connectivity index (χ2v) is 5.31. The third kappa shape index (κ3) is 3.21. The maximum atomic E-state index is 13.4. The van der Waals surface area contributed by atoms with E-state index in [1.807, 2.05) is 6.07 Å². The van der Waals surface area contributed by atoms with Crippen molar-refractivity contribution in [2.45, 2.75) is 25.3 Å². The number of hydrogen-bond donors (Lipinski definition) is 0. The summed E-state index contributed by atoms with van der Waals surface area (Å²) in [5.41, 5.74) is 1.06. The van der Waals surface area contributed by atoms with Crippen LogP contribution in [-0.2, 0) is 6.54 Å². The van der Waals surface area contributed by atoms with E-state index < -0.39 is 0 Å². The highest BCUT2D eigenvalue weighted by Crippen LogP contribution is 2.27. The standard InChI is InChI=1S/C15H18FN3O2/c1-20-14-8-11(2-3-13(14)16)9-19-6-4-12(5-7-19)15-17-10-21-18-15/h2-3,8,10,12H,4-7,9H2,1H3. The SMILES string of the molecule is COc1cc(CN2CCC(c3ncon3)CC2)ccc1F. The Labute approximate surface area is 122 Å². The van der Waals surface area contributed by atoms with Crippen LogP contribution in [0, 0.1) is 5.82 Å². The van der Waals surface area contributed by atoms with Crippen molar-refractivity contribution >= 4 is 0 Å². The highest BCUT2D eigenvalue weighted by molar-refractivity contribution is 5.30. The highest BCUT2D eigenvalue weighted by Gasteiger charge is 2.23. The number of methoxy groups -OCH3 is 1. The molecule has 3 rings (SSSR count).